The summed E-state index contributed by atoms with van der Waals surface area (Å²) in [6.07, 6.45) is 46.5. The first-order chi connectivity index (χ1) is 29.3. The second-order valence-electron chi connectivity index (χ2n) is 17.3. The van der Waals surface area contributed by atoms with Gasteiger partial charge in [0.1, 0.15) is 24.4 Å². The first-order valence-electron chi connectivity index (χ1n) is 24.9. The fraction of sp³-hybridized carbons (Fsp3) is 0.824. The van der Waals surface area contributed by atoms with Crippen LogP contribution in [0, 0.1) is 0 Å². The average Bonchev–Trinajstić information content (AvgIpc) is 3.25. The van der Waals surface area contributed by atoms with Crippen LogP contribution in [0.2, 0.25) is 0 Å². The van der Waals surface area contributed by atoms with Gasteiger partial charge in [-0.25, -0.2) is 0 Å². The number of nitrogens with one attached hydrogen (secondary N) is 1. The third kappa shape index (κ3) is 31.1. The lowest BCUT2D eigenvalue weighted by Crippen LogP contribution is -2.60. The van der Waals surface area contributed by atoms with E-state index in [4.69, 9.17) is 9.47 Å². The number of hydrogen-bond acceptors (Lipinski definition) is 8. The zero-order chi connectivity index (χ0) is 43.7. The van der Waals surface area contributed by atoms with Crippen molar-refractivity contribution < 1.29 is 39.8 Å². The molecule has 9 nitrogen and oxygen atoms in total. The summed E-state index contributed by atoms with van der Waals surface area (Å²) in [5.74, 6) is -0.183. The second-order valence-corrected chi connectivity index (χ2v) is 17.3. The molecule has 9 heteroatoms. The van der Waals surface area contributed by atoms with E-state index in [0.29, 0.717) is 6.42 Å². The van der Waals surface area contributed by atoms with E-state index in [2.05, 4.69) is 55.6 Å². The van der Waals surface area contributed by atoms with E-state index in [9.17, 15) is 30.3 Å². The van der Waals surface area contributed by atoms with Crippen molar-refractivity contribution in [1.82, 2.24) is 5.32 Å². The van der Waals surface area contributed by atoms with Crippen LogP contribution in [0.15, 0.2) is 48.6 Å². The number of unbranched alkanes of at least 4 members (excludes halogenated alkanes) is 25. The minimum absolute atomic E-state index is 0.183. The molecule has 0 aliphatic carbocycles. The maximum absolute atomic E-state index is 12.9. The zero-order valence-electron chi connectivity index (χ0n) is 38.5. The molecule has 1 aliphatic rings. The van der Waals surface area contributed by atoms with Gasteiger partial charge in [-0.3, -0.25) is 4.79 Å². The van der Waals surface area contributed by atoms with Gasteiger partial charge in [0.25, 0.3) is 0 Å². The molecule has 0 bridgehead atoms. The van der Waals surface area contributed by atoms with Crippen molar-refractivity contribution in [1.29, 1.82) is 0 Å². The number of ether oxygens (including phenoxy) is 2. The number of allylic oxidation sites excluding steroid dienone is 7. The van der Waals surface area contributed by atoms with Crippen LogP contribution < -0.4 is 5.32 Å². The molecule has 1 fully saturated rings. The van der Waals surface area contributed by atoms with Crippen molar-refractivity contribution in [2.45, 2.75) is 256 Å². The lowest BCUT2D eigenvalue weighted by atomic mass is 9.99. The van der Waals surface area contributed by atoms with Crippen LogP contribution in [0.5, 0.6) is 0 Å². The number of carbonyl (C=O) groups excluding carboxylic acids is 1. The van der Waals surface area contributed by atoms with Crippen molar-refractivity contribution in [2.24, 2.45) is 0 Å². The van der Waals surface area contributed by atoms with Crippen LogP contribution in [0.4, 0.5) is 0 Å². The summed E-state index contributed by atoms with van der Waals surface area (Å²) in [5, 5.41) is 53.8. The van der Waals surface area contributed by atoms with E-state index in [0.717, 1.165) is 57.8 Å². The highest BCUT2D eigenvalue weighted by Crippen LogP contribution is 2.23. The van der Waals surface area contributed by atoms with E-state index >= 15 is 0 Å². The van der Waals surface area contributed by atoms with Crippen LogP contribution in [0.1, 0.15) is 213 Å². The molecule has 0 aromatic heterocycles. The molecule has 60 heavy (non-hydrogen) atoms. The second kappa shape index (κ2) is 41.2. The molecule has 1 heterocycles. The van der Waals surface area contributed by atoms with Crippen LogP contribution in [0.25, 0.3) is 0 Å². The van der Waals surface area contributed by atoms with Crippen LogP contribution >= 0.6 is 0 Å². The standard InChI is InChI=1S/C51H93NO8/c1-3-5-7-9-11-12-13-14-15-16-17-18-19-20-21-22-23-24-25-26-27-28-29-30-31-32-33-34-35-37-39-41-47(55)52-44(45(54)40-38-36-10-8-6-4-2)43-59-51-50(58)49(57)48(56)46(42-53)60-51/h13-14,16-17,19-20,38,40,44-46,48-51,53-54,56-58H,3-12,15,18,21-37,39,41-43H2,1-2H3,(H,52,55)/b14-13-,17-16-,20-19-,40-38+. The molecule has 1 amide bonds. The van der Waals surface area contributed by atoms with Gasteiger partial charge in [0.2, 0.25) is 5.91 Å². The van der Waals surface area contributed by atoms with Crippen molar-refractivity contribution in [3.8, 4) is 0 Å². The molecule has 1 saturated heterocycles. The minimum Gasteiger partial charge on any atom is -0.394 e. The first kappa shape index (κ1) is 56.2. The highest BCUT2D eigenvalue weighted by atomic mass is 16.7. The molecule has 350 valence electrons. The van der Waals surface area contributed by atoms with E-state index in [1.807, 2.05) is 6.08 Å². The Labute approximate surface area is 367 Å². The number of carbonyl (C=O) groups is 1. The van der Waals surface area contributed by atoms with E-state index in [1.165, 1.54) is 135 Å². The van der Waals surface area contributed by atoms with Crippen molar-refractivity contribution in [3.05, 3.63) is 48.6 Å². The Bertz CT molecular complexity index is 1080. The van der Waals surface area contributed by atoms with E-state index < -0.39 is 49.5 Å². The van der Waals surface area contributed by atoms with Gasteiger partial charge in [-0.2, -0.15) is 0 Å². The molecule has 6 N–H and O–H groups in total. The van der Waals surface area contributed by atoms with Gasteiger partial charge in [0.05, 0.1) is 25.4 Å². The summed E-state index contributed by atoms with van der Waals surface area (Å²) in [6, 6.07) is -0.801. The predicted octanol–water partition coefficient (Wildman–Crippen LogP) is 11.0. The van der Waals surface area contributed by atoms with Crippen LogP contribution in [0.3, 0.4) is 0 Å². The van der Waals surface area contributed by atoms with E-state index in [-0.39, 0.29) is 12.5 Å². The van der Waals surface area contributed by atoms with Crippen LogP contribution in [-0.2, 0) is 14.3 Å². The number of aliphatic hydroxyl groups is 5. The van der Waals surface area contributed by atoms with Crippen molar-refractivity contribution in [3.63, 3.8) is 0 Å². The number of aliphatic hydroxyl groups excluding tert-OH is 5. The highest BCUT2D eigenvalue weighted by Gasteiger charge is 2.44. The van der Waals surface area contributed by atoms with Gasteiger partial charge in [-0.15, -0.1) is 0 Å². The van der Waals surface area contributed by atoms with Gasteiger partial charge in [0, 0.05) is 6.42 Å². The lowest BCUT2D eigenvalue weighted by molar-refractivity contribution is -0.302. The summed E-state index contributed by atoms with van der Waals surface area (Å²) in [6.45, 7) is 3.67. The molecule has 0 saturated carbocycles. The fourth-order valence-corrected chi connectivity index (χ4v) is 7.63. The molecule has 0 radical (unpaired) electrons. The summed E-state index contributed by atoms with van der Waals surface area (Å²) < 4.78 is 11.1. The van der Waals surface area contributed by atoms with Gasteiger partial charge in [0.15, 0.2) is 6.29 Å². The van der Waals surface area contributed by atoms with Gasteiger partial charge < -0.3 is 40.3 Å². The first-order valence-corrected chi connectivity index (χ1v) is 24.9. The summed E-state index contributed by atoms with van der Waals surface area (Å²) in [4.78, 5) is 12.9. The maximum atomic E-state index is 12.9. The Morgan fingerprint density at radius 1 is 0.567 bits per heavy atom. The molecule has 0 aromatic carbocycles. The van der Waals surface area contributed by atoms with Crippen molar-refractivity contribution in [2.75, 3.05) is 13.2 Å². The van der Waals surface area contributed by atoms with Crippen molar-refractivity contribution >= 4 is 5.91 Å². The average molecular weight is 848 g/mol. The molecule has 7 atom stereocenters. The van der Waals surface area contributed by atoms with Crippen LogP contribution in [-0.4, -0.2) is 87.5 Å². The Kier molecular flexibility index (Phi) is 38.5. The Hall–Kier alpha value is -1.85. The molecular weight excluding hydrogens is 755 g/mol. The number of rotatable bonds is 41. The molecule has 0 aromatic rings. The zero-order valence-corrected chi connectivity index (χ0v) is 38.5. The normalized spacial score (nSPS) is 20.9. The maximum Gasteiger partial charge on any atom is 0.220 e. The number of hydrogen-bond donors (Lipinski definition) is 6. The SMILES string of the molecule is CCCCCC/C=C/C(O)C(COC1OC(CO)C(O)C(O)C1O)NC(=O)CCCCCCCCCCCCCCCCCC/C=C\C/C=C\C/C=C\CCCCCCC. The Morgan fingerprint density at radius 3 is 1.47 bits per heavy atom. The predicted molar refractivity (Wildman–Crippen MR) is 249 cm³/mol. The molecule has 7 unspecified atom stereocenters. The summed E-state index contributed by atoms with van der Waals surface area (Å²) in [5.41, 5.74) is 0. The lowest BCUT2D eigenvalue weighted by Gasteiger charge is -2.40. The van der Waals surface area contributed by atoms with Gasteiger partial charge in [-0.1, -0.05) is 197 Å². The quantitative estimate of drug-likeness (QED) is 0.0263. The fourth-order valence-electron chi connectivity index (χ4n) is 7.63. The monoisotopic (exact) mass is 848 g/mol. The highest BCUT2D eigenvalue weighted by molar-refractivity contribution is 5.76. The summed E-state index contributed by atoms with van der Waals surface area (Å²) in [7, 11) is 0. The van der Waals surface area contributed by atoms with Gasteiger partial charge >= 0.3 is 0 Å². The van der Waals surface area contributed by atoms with E-state index in [1.54, 1.807) is 6.08 Å². The molecular formula is C51H93NO8. The molecule has 1 rings (SSSR count). The minimum atomic E-state index is -1.56. The third-order valence-corrected chi connectivity index (χ3v) is 11.6. The molecule has 1 aliphatic heterocycles. The molecule has 0 spiro atoms. The smallest absolute Gasteiger partial charge is 0.220 e. The summed E-state index contributed by atoms with van der Waals surface area (Å²) >= 11 is 0. The topological polar surface area (TPSA) is 149 Å². The number of amides is 1. The largest absolute Gasteiger partial charge is 0.394 e. The Morgan fingerprint density at radius 2 is 0.983 bits per heavy atom. The Balaban J connectivity index is 2.07. The van der Waals surface area contributed by atoms with Gasteiger partial charge in [-0.05, 0) is 57.8 Å². The third-order valence-electron chi connectivity index (χ3n) is 11.6.